The Morgan fingerprint density at radius 2 is 2.08 bits per heavy atom. The molecule has 25 heavy (non-hydrogen) atoms. The first kappa shape index (κ1) is 15.9. The average Bonchev–Trinajstić information content (AvgIpc) is 3.36. The van der Waals surface area contributed by atoms with Crippen molar-refractivity contribution in [2.75, 3.05) is 17.7 Å². The van der Waals surface area contributed by atoms with E-state index in [9.17, 15) is 0 Å². The van der Waals surface area contributed by atoms with Crippen molar-refractivity contribution in [3.63, 3.8) is 0 Å². The molecule has 0 radical (unpaired) electrons. The van der Waals surface area contributed by atoms with Gasteiger partial charge in [-0.15, -0.1) is 0 Å². The minimum atomic E-state index is 0.510. The van der Waals surface area contributed by atoms with Crippen molar-refractivity contribution in [1.82, 2.24) is 14.5 Å². The third-order valence-electron chi connectivity index (χ3n) is 4.82. The van der Waals surface area contributed by atoms with Crippen molar-refractivity contribution in [2.45, 2.75) is 39.2 Å². The Morgan fingerprint density at radius 1 is 1.24 bits per heavy atom. The van der Waals surface area contributed by atoms with E-state index in [-0.39, 0.29) is 0 Å². The first-order valence-electron chi connectivity index (χ1n) is 9.05. The van der Waals surface area contributed by atoms with E-state index in [0.717, 1.165) is 40.9 Å². The summed E-state index contributed by atoms with van der Waals surface area (Å²) in [5.41, 5.74) is 4.46. The van der Waals surface area contributed by atoms with Crippen LogP contribution in [0.5, 0.6) is 0 Å². The summed E-state index contributed by atoms with van der Waals surface area (Å²) in [4.78, 5) is 9.20. The molecule has 2 aromatic heterocycles. The summed E-state index contributed by atoms with van der Waals surface area (Å²) in [6.07, 6.45) is 4.50. The second-order valence-electron chi connectivity index (χ2n) is 7.20. The van der Waals surface area contributed by atoms with Gasteiger partial charge >= 0.3 is 0 Å². The molecule has 5 heteroatoms. The van der Waals surface area contributed by atoms with E-state index >= 15 is 0 Å². The average molecular weight is 335 g/mol. The van der Waals surface area contributed by atoms with Crippen LogP contribution >= 0.6 is 0 Å². The Hall–Kier alpha value is -2.56. The van der Waals surface area contributed by atoms with E-state index in [1.807, 2.05) is 13.2 Å². The molecule has 0 amide bonds. The van der Waals surface area contributed by atoms with Crippen molar-refractivity contribution < 1.29 is 0 Å². The molecule has 0 unspecified atom stereocenters. The zero-order valence-corrected chi connectivity index (χ0v) is 15.1. The van der Waals surface area contributed by atoms with Crippen LogP contribution in [0.4, 0.5) is 17.5 Å². The van der Waals surface area contributed by atoms with Crippen molar-refractivity contribution >= 4 is 28.5 Å². The molecule has 1 saturated carbocycles. The smallest absolute Gasteiger partial charge is 0.203 e. The molecule has 4 rings (SSSR count). The van der Waals surface area contributed by atoms with Crippen LogP contribution in [0.25, 0.3) is 11.0 Å². The lowest BCUT2D eigenvalue weighted by atomic mass is 10.0. The quantitative estimate of drug-likeness (QED) is 0.682. The first-order valence-corrected chi connectivity index (χ1v) is 9.05. The van der Waals surface area contributed by atoms with Gasteiger partial charge in [0, 0.05) is 25.3 Å². The Morgan fingerprint density at radius 3 is 2.80 bits per heavy atom. The number of pyridine rings is 1. The van der Waals surface area contributed by atoms with Crippen molar-refractivity contribution in [1.29, 1.82) is 0 Å². The summed E-state index contributed by atoms with van der Waals surface area (Å²) in [6.45, 7) is 5.44. The number of hydrogen-bond donors (Lipinski definition) is 2. The molecule has 0 atom stereocenters. The van der Waals surface area contributed by atoms with Crippen LogP contribution in [0.1, 0.15) is 38.2 Å². The third-order valence-corrected chi connectivity index (χ3v) is 4.82. The summed E-state index contributed by atoms with van der Waals surface area (Å²) in [6, 6.07) is 10.6. The molecule has 2 N–H and O–H groups in total. The number of fused-ring (bicyclic) bond motifs is 1. The summed E-state index contributed by atoms with van der Waals surface area (Å²) in [5.74, 6) is 3.07. The lowest BCUT2D eigenvalue weighted by Crippen LogP contribution is -2.05. The van der Waals surface area contributed by atoms with Crippen LogP contribution in [0.3, 0.4) is 0 Å². The van der Waals surface area contributed by atoms with Crippen molar-refractivity contribution in [2.24, 2.45) is 5.92 Å². The number of nitrogens with one attached hydrogen (secondary N) is 2. The van der Waals surface area contributed by atoms with Gasteiger partial charge in [0.25, 0.3) is 0 Å². The van der Waals surface area contributed by atoms with E-state index in [2.05, 4.69) is 69.3 Å². The summed E-state index contributed by atoms with van der Waals surface area (Å²) in [5, 5.41) is 6.65. The predicted molar refractivity (Wildman–Crippen MR) is 104 cm³/mol. The first-order chi connectivity index (χ1) is 12.1. The van der Waals surface area contributed by atoms with Crippen LogP contribution in [-0.4, -0.2) is 21.6 Å². The Bertz CT molecular complexity index is 892. The normalized spacial score (nSPS) is 14.2. The zero-order chi connectivity index (χ0) is 17.4. The van der Waals surface area contributed by atoms with Crippen LogP contribution in [-0.2, 0) is 6.54 Å². The standard InChI is InChI=1S/C20H25N5/c1-13(2)15-5-4-6-16(9-15)23-19-10-18-17(11-22-19)24-20(21-3)25(18)12-14-7-8-14/h4-6,9-11,13-14H,7-8,12H2,1-3H3,(H,21,24)(H,22,23). The van der Waals surface area contributed by atoms with E-state index < -0.39 is 0 Å². The SMILES string of the molecule is CNc1nc2cnc(Nc3cccc(C(C)C)c3)cc2n1CC1CC1. The monoisotopic (exact) mass is 335 g/mol. The maximum Gasteiger partial charge on any atom is 0.203 e. The van der Waals surface area contributed by atoms with Crippen molar-refractivity contribution in [3.05, 3.63) is 42.1 Å². The highest BCUT2D eigenvalue weighted by atomic mass is 15.2. The molecule has 0 bridgehead atoms. The Kier molecular flexibility index (Phi) is 4.07. The summed E-state index contributed by atoms with van der Waals surface area (Å²) >= 11 is 0. The summed E-state index contributed by atoms with van der Waals surface area (Å²) < 4.78 is 2.28. The molecule has 5 nitrogen and oxygen atoms in total. The topological polar surface area (TPSA) is 54.8 Å². The number of rotatable bonds is 6. The van der Waals surface area contributed by atoms with Crippen molar-refractivity contribution in [3.8, 4) is 0 Å². The number of benzene rings is 1. The van der Waals surface area contributed by atoms with Gasteiger partial charge in [0.2, 0.25) is 5.95 Å². The number of aromatic nitrogens is 3. The molecule has 1 fully saturated rings. The van der Waals surface area contributed by atoms with E-state index in [1.165, 1.54) is 18.4 Å². The molecule has 0 spiro atoms. The fourth-order valence-electron chi connectivity index (χ4n) is 3.15. The van der Waals surface area contributed by atoms with Gasteiger partial charge in [-0.1, -0.05) is 26.0 Å². The largest absolute Gasteiger partial charge is 0.359 e. The number of hydrogen-bond acceptors (Lipinski definition) is 4. The highest BCUT2D eigenvalue weighted by Gasteiger charge is 2.24. The Balaban J connectivity index is 1.67. The molecule has 0 saturated heterocycles. The molecular formula is C20H25N5. The van der Waals surface area contributed by atoms with Gasteiger partial charge < -0.3 is 15.2 Å². The highest BCUT2D eigenvalue weighted by Crippen LogP contribution is 2.34. The van der Waals surface area contributed by atoms with Gasteiger partial charge in [0.15, 0.2) is 0 Å². The van der Waals surface area contributed by atoms with Crippen LogP contribution < -0.4 is 10.6 Å². The summed E-state index contributed by atoms with van der Waals surface area (Å²) in [7, 11) is 1.93. The lowest BCUT2D eigenvalue weighted by Gasteiger charge is -2.11. The second kappa shape index (κ2) is 6.39. The second-order valence-corrected chi connectivity index (χ2v) is 7.20. The molecule has 1 aromatic carbocycles. The zero-order valence-electron chi connectivity index (χ0n) is 15.1. The van der Waals surface area contributed by atoms with E-state index in [4.69, 9.17) is 0 Å². The van der Waals surface area contributed by atoms with Gasteiger partial charge in [-0.25, -0.2) is 9.97 Å². The minimum absolute atomic E-state index is 0.510. The fraction of sp³-hybridized carbons (Fsp3) is 0.400. The molecular weight excluding hydrogens is 310 g/mol. The highest BCUT2D eigenvalue weighted by molar-refractivity contribution is 5.81. The van der Waals surface area contributed by atoms with Crippen LogP contribution in [0.2, 0.25) is 0 Å². The van der Waals surface area contributed by atoms with Gasteiger partial charge in [0.1, 0.15) is 11.3 Å². The number of imidazole rings is 1. The number of anilines is 3. The minimum Gasteiger partial charge on any atom is -0.359 e. The lowest BCUT2D eigenvalue weighted by molar-refractivity contribution is 0.648. The van der Waals surface area contributed by atoms with Gasteiger partial charge in [-0.05, 0) is 42.4 Å². The fourth-order valence-corrected chi connectivity index (χ4v) is 3.15. The third kappa shape index (κ3) is 3.31. The molecule has 1 aliphatic carbocycles. The van der Waals surface area contributed by atoms with Gasteiger partial charge in [0.05, 0.1) is 11.7 Å². The molecule has 3 aromatic rings. The van der Waals surface area contributed by atoms with E-state index in [1.54, 1.807) is 0 Å². The van der Waals surface area contributed by atoms with Crippen LogP contribution in [0, 0.1) is 5.92 Å². The van der Waals surface area contributed by atoms with E-state index in [0.29, 0.717) is 5.92 Å². The predicted octanol–water partition coefficient (Wildman–Crippen LogP) is 4.75. The Labute approximate surface area is 148 Å². The maximum atomic E-state index is 4.66. The molecule has 130 valence electrons. The van der Waals surface area contributed by atoms with Crippen LogP contribution in [0.15, 0.2) is 36.5 Å². The molecule has 2 heterocycles. The number of nitrogens with zero attached hydrogens (tertiary/aromatic N) is 3. The van der Waals surface area contributed by atoms with Gasteiger partial charge in [-0.2, -0.15) is 0 Å². The maximum absolute atomic E-state index is 4.66. The molecule has 0 aliphatic heterocycles. The van der Waals surface area contributed by atoms with Gasteiger partial charge in [-0.3, -0.25) is 0 Å². The molecule has 1 aliphatic rings.